The summed E-state index contributed by atoms with van der Waals surface area (Å²) >= 11 is 0. The van der Waals surface area contributed by atoms with Gasteiger partial charge in [-0.3, -0.25) is 0 Å². The van der Waals surface area contributed by atoms with Crippen molar-refractivity contribution < 1.29 is 4.74 Å². The van der Waals surface area contributed by atoms with Gasteiger partial charge in [0.1, 0.15) is 0 Å². The third-order valence-electron chi connectivity index (χ3n) is 4.64. The first-order chi connectivity index (χ1) is 9.20. The molecule has 0 bridgehead atoms. The summed E-state index contributed by atoms with van der Waals surface area (Å²) < 4.78 is 5.70. The molecule has 0 aromatic carbocycles. The Morgan fingerprint density at radius 1 is 1.32 bits per heavy atom. The molecule has 2 rings (SSSR count). The second-order valence-corrected chi connectivity index (χ2v) is 6.31. The van der Waals surface area contributed by atoms with Gasteiger partial charge in [0, 0.05) is 37.7 Å². The average Bonchev–Trinajstić information content (AvgIpc) is 2.41. The van der Waals surface area contributed by atoms with E-state index in [1.54, 1.807) is 0 Å². The summed E-state index contributed by atoms with van der Waals surface area (Å²) in [6.45, 7) is 8.82. The number of nitrogens with one attached hydrogen (secondary N) is 1. The molecule has 0 aromatic rings. The molecule has 0 aliphatic carbocycles. The lowest BCUT2D eigenvalue weighted by Crippen LogP contribution is -2.51. The Kier molecular flexibility index (Phi) is 6.07. The number of hydrogen-bond donors (Lipinski definition) is 1. The van der Waals surface area contributed by atoms with Crippen LogP contribution in [0.15, 0.2) is 0 Å². The highest BCUT2D eigenvalue weighted by atomic mass is 16.5. The van der Waals surface area contributed by atoms with Crippen molar-refractivity contribution in [1.29, 1.82) is 0 Å². The molecule has 2 heterocycles. The van der Waals surface area contributed by atoms with E-state index in [2.05, 4.69) is 36.1 Å². The summed E-state index contributed by atoms with van der Waals surface area (Å²) in [5, 5.41) is 3.64. The fourth-order valence-corrected chi connectivity index (χ4v) is 3.46. The summed E-state index contributed by atoms with van der Waals surface area (Å²) in [6, 6.07) is 1.38. The highest BCUT2D eigenvalue weighted by Crippen LogP contribution is 2.20. The summed E-state index contributed by atoms with van der Waals surface area (Å²) in [7, 11) is 4.42. The van der Waals surface area contributed by atoms with Crippen LogP contribution in [0.25, 0.3) is 0 Å². The fourth-order valence-electron chi connectivity index (χ4n) is 3.46. The normalized spacial score (nSPS) is 33.8. The van der Waals surface area contributed by atoms with Crippen molar-refractivity contribution in [2.75, 3.05) is 53.5 Å². The molecule has 2 aliphatic heterocycles. The molecule has 4 nitrogen and oxygen atoms in total. The van der Waals surface area contributed by atoms with Crippen molar-refractivity contribution in [2.24, 2.45) is 5.92 Å². The topological polar surface area (TPSA) is 27.7 Å². The number of rotatable bonds is 5. The minimum atomic E-state index is 0.651. The summed E-state index contributed by atoms with van der Waals surface area (Å²) in [5.74, 6) is 0.662. The second-order valence-electron chi connectivity index (χ2n) is 6.31. The number of likely N-dealkylation sites (N-methyl/N-ethyl adjacent to an activating group) is 1. The lowest BCUT2D eigenvalue weighted by Gasteiger charge is -2.40. The lowest BCUT2D eigenvalue weighted by molar-refractivity contribution is 0.00883. The quantitative estimate of drug-likeness (QED) is 0.807. The number of likely N-dealkylation sites (tertiary alicyclic amines) is 1. The largest absolute Gasteiger partial charge is 0.381 e. The van der Waals surface area contributed by atoms with Gasteiger partial charge < -0.3 is 19.9 Å². The number of hydrogen-bond acceptors (Lipinski definition) is 4. The second kappa shape index (κ2) is 7.58. The molecule has 2 aliphatic rings. The Balaban J connectivity index is 1.84. The van der Waals surface area contributed by atoms with Crippen molar-refractivity contribution in [3.63, 3.8) is 0 Å². The van der Waals surface area contributed by atoms with Crippen LogP contribution in [0.3, 0.4) is 0 Å². The third-order valence-corrected chi connectivity index (χ3v) is 4.64. The van der Waals surface area contributed by atoms with Gasteiger partial charge in [0.25, 0.3) is 0 Å². The Morgan fingerprint density at radius 2 is 2.16 bits per heavy atom. The molecule has 19 heavy (non-hydrogen) atoms. The van der Waals surface area contributed by atoms with E-state index in [0.29, 0.717) is 12.0 Å². The molecule has 4 heteroatoms. The van der Waals surface area contributed by atoms with Crippen LogP contribution in [0, 0.1) is 5.92 Å². The van der Waals surface area contributed by atoms with E-state index in [4.69, 9.17) is 4.74 Å². The first-order valence-corrected chi connectivity index (χ1v) is 7.90. The summed E-state index contributed by atoms with van der Waals surface area (Å²) in [6.07, 6.45) is 3.85. The van der Waals surface area contributed by atoms with E-state index in [1.165, 1.54) is 38.9 Å². The number of ether oxygens (including phenoxy) is 1. The predicted octanol–water partition coefficient (Wildman–Crippen LogP) is 1.03. The Hall–Kier alpha value is -0.160. The zero-order chi connectivity index (χ0) is 13.7. The average molecular weight is 269 g/mol. The molecule has 0 amide bonds. The minimum absolute atomic E-state index is 0.651. The van der Waals surface area contributed by atoms with Gasteiger partial charge in [0.2, 0.25) is 0 Å². The molecular weight excluding hydrogens is 238 g/mol. The van der Waals surface area contributed by atoms with Crippen LogP contribution >= 0.6 is 0 Å². The maximum absolute atomic E-state index is 5.70. The molecule has 112 valence electrons. The van der Waals surface area contributed by atoms with Crippen molar-refractivity contribution in [3.8, 4) is 0 Å². The van der Waals surface area contributed by atoms with Crippen LogP contribution in [0.4, 0.5) is 0 Å². The lowest BCUT2D eigenvalue weighted by atomic mass is 9.93. The van der Waals surface area contributed by atoms with E-state index >= 15 is 0 Å². The zero-order valence-corrected chi connectivity index (χ0v) is 12.9. The maximum atomic E-state index is 5.70. The highest BCUT2D eigenvalue weighted by molar-refractivity contribution is 4.85. The molecule has 3 atom stereocenters. The fraction of sp³-hybridized carbons (Fsp3) is 1.00. The highest BCUT2D eigenvalue weighted by Gasteiger charge is 2.29. The van der Waals surface area contributed by atoms with Crippen LogP contribution in [0.2, 0.25) is 0 Å². The van der Waals surface area contributed by atoms with E-state index in [-0.39, 0.29) is 0 Å². The van der Waals surface area contributed by atoms with Crippen LogP contribution in [-0.2, 0) is 4.74 Å². The standard InChI is InChI=1S/C15H31N3O/c1-4-16-15-7-9-19-12-13(15)10-18-8-5-6-14(11-18)17(2)3/h13-16H,4-12H2,1-3H3. The van der Waals surface area contributed by atoms with E-state index in [0.717, 1.165) is 25.8 Å². The van der Waals surface area contributed by atoms with Gasteiger partial charge in [-0.05, 0) is 46.4 Å². The van der Waals surface area contributed by atoms with E-state index < -0.39 is 0 Å². The van der Waals surface area contributed by atoms with Crippen LogP contribution in [0.5, 0.6) is 0 Å². The van der Waals surface area contributed by atoms with Gasteiger partial charge >= 0.3 is 0 Å². The Labute approximate surface area is 118 Å². The molecule has 0 saturated carbocycles. The smallest absolute Gasteiger partial charge is 0.0521 e. The van der Waals surface area contributed by atoms with Gasteiger partial charge in [0.05, 0.1) is 6.61 Å². The molecule has 2 saturated heterocycles. The molecule has 3 unspecified atom stereocenters. The molecule has 0 aromatic heterocycles. The maximum Gasteiger partial charge on any atom is 0.0521 e. The molecular formula is C15H31N3O. The first kappa shape index (κ1) is 15.2. The summed E-state index contributed by atoms with van der Waals surface area (Å²) in [4.78, 5) is 5.03. The van der Waals surface area contributed by atoms with Crippen LogP contribution < -0.4 is 5.32 Å². The molecule has 2 fully saturated rings. The van der Waals surface area contributed by atoms with Gasteiger partial charge in [-0.25, -0.2) is 0 Å². The first-order valence-electron chi connectivity index (χ1n) is 7.90. The zero-order valence-electron chi connectivity index (χ0n) is 12.9. The molecule has 0 spiro atoms. The predicted molar refractivity (Wildman–Crippen MR) is 79.5 cm³/mol. The van der Waals surface area contributed by atoms with Crippen molar-refractivity contribution in [1.82, 2.24) is 15.1 Å². The van der Waals surface area contributed by atoms with Crippen molar-refractivity contribution in [2.45, 2.75) is 38.3 Å². The summed E-state index contributed by atoms with van der Waals surface area (Å²) in [5.41, 5.74) is 0. The van der Waals surface area contributed by atoms with Gasteiger partial charge in [-0.1, -0.05) is 6.92 Å². The SMILES string of the molecule is CCNC1CCOCC1CN1CCCC(N(C)C)C1. The Bertz CT molecular complexity index is 258. The van der Waals surface area contributed by atoms with Crippen molar-refractivity contribution in [3.05, 3.63) is 0 Å². The van der Waals surface area contributed by atoms with E-state index in [9.17, 15) is 0 Å². The van der Waals surface area contributed by atoms with Crippen LogP contribution in [-0.4, -0.2) is 75.4 Å². The van der Waals surface area contributed by atoms with Gasteiger partial charge in [0.15, 0.2) is 0 Å². The van der Waals surface area contributed by atoms with Gasteiger partial charge in [-0.15, -0.1) is 0 Å². The minimum Gasteiger partial charge on any atom is -0.381 e. The molecule has 1 N–H and O–H groups in total. The Morgan fingerprint density at radius 3 is 2.89 bits per heavy atom. The number of nitrogens with zero attached hydrogens (tertiary/aromatic N) is 2. The van der Waals surface area contributed by atoms with Gasteiger partial charge in [-0.2, -0.15) is 0 Å². The molecule has 0 radical (unpaired) electrons. The monoisotopic (exact) mass is 269 g/mol. The third kappa shape index (κ3) is 4.42. The van der Waals surface area contributed by atoms with Crippen molar-refractivity contribution >= 4 is 0 Å². The van der Waals surface area contributed by atoms with Crippen LogP contribution in [0.1, 0.15) is 26.2 Å². The number of piperidine rings is 1. The van der Waals surface area contributed by atoms with E-state index in [1.807, 2.05) is 0 Å².